The van der Waals surface area contributed by atoms with Crippen LogP contribution in [0, 0.1) is 17.0 Å². The van der Waals surface area contributed by atoms with Gasteiger partial charge in [-0.15, -0.1) is 0 Å². The van der Waals surface area contributed by atoms with Crippen molar-refractivity contribution in [1.29, 1.82) is 0 Å². The summed E-state index contributed by atoms with van der Waals surface area (Å²) < 4.78 is 26.6. The summed E-state index contributed by atoms with van der Waals surface area (Å²) in [5.74, 6) is -0.262. The number of amides is 1. The van der Waals surface area contributed by atoms with Gasteiger partial charge in [0.25, 0.3) is 5.69 Å². The molecule has 2 aromatic rings. The minimum absolute atomic E-state index is 0.0439. The third-order valence-electron chi connectivity index (χ3n) is 5.04. The standard InChI is InChI=1S/C20H23N3O5S/c1-15-18(5-4-6-19(15)23(25)26)21-20(24)12-9-16-7-10-17(11-8-16)29(27,28)22-13-2-3-14-22/h4-8,10-11H,2-3,9,12-14H2,1H3,(H,21,24). The molecular weight excluding hydrogens is 394 g/mol. The molecule has 29 heavy (non-hydrogen) atoms. The lowest BCUT2D eigenvalue weighted by Gasteiger charge is -2.15. The van der Waals surface area contributed by atoms with Crippen LogP contribution in [0.5, 0.6) is 0 Å². The van der Waals surface area contributed by atoms with Crippen molar-refractivity contribution in [1.82, 2.24) is 4.31 Å². The normalized spacial score (nSPS) is 14.7. The van der Waals surface area contributed by atoms with E-state index in [1.807, 2.05) is 0 Å². The topological polar surface area (TPSA) is 110 Å². The van der Waals surface area contributed by atoms with Crippen LogP contribution in [-0.2, 0) is 21.2 Å². The van der Waals surface area contributed by atoms with Crippen LogP contribution in [-0.4, -0.2) is 36.6 Å². The smallest absolute Gasteiger partial charge is 0.274 e. The summed E-state index contributed by atoms with van der Waals surface area (Å²) in [6.45, 7) is 2.70. The van der Waals surface area contributed by atoms with Crippen LogP contribution < -0.4 is 5.32 Å². The van der Waals surface area contributed by atoms with E-state index in [2.05, 4.69) is 5.32 Å². The summed E-state index contributed by atoms with van der Waals surface area (Å²) >= 11 is 0. The maximum absolute atomic E-state index is 12.5. The summed E-state index contributed by atoms with van der Waals surface area (Å²) in [7, 11) is -3.44. The van der Waals surface area contributed by atoms with Crippen LogP contribution in [0.25, 0.3) is 0 Å². The number of nitrogens with one attached hydrogen (secondary N) is 1. The van der Waals surface area contributed by atoms with Gasteiger partial charge in [-0.3, -0.25) is 14.9 Å². The largest absolute Gasteiger partial charge is 0.326 e. The third kappa shape index (κ3) is 4.80. The monoisotopic (exact) mass is 417 g/mol. The second kappa shape index (κ2) is 8.71. The third-order valence-corrected chi connectivity index (χ3v) is 6.96. The van der Waals surface area contributed by atoms with Gasteiger partial charge in [0, 0.05) is 25.6 Å². The van der Waals surface area contributed by atoms with Crippen LogP contribution in [0.1, 0.15) is 30.4 Å². The molecule has 0 atom stereocenters. The van der Waals surface area contributed by atoms with E-state index in [4.69, 9.17) is 0 Å². The highest BCUT2D eigenvalue weighted by Gasteiger charge is 2.26. The fourth-order valence-corrected chi connectivity index (χ4v) is 4.85. The number of nitrogens with zero attached hydrogens (tertiary/aromatic N) is 2. The Morgan fingerprint density at radius 1 is 1.14 bits per heavy atom. The van der Waals surface area contributed by atoms with E-state index in [1.54, 1.807) is 37.3 Å². The number of anilines is 1. The Kier molecular flexibility index (Phi) is 6.29. The first-order valence-electron chi connectivity index (χ1n) is 9.42. The molecule has 3 rings (SSSR count). The molecule has 8 nitrogen and oxygen atoms in total. The van der Waals surface area contributed by atoms with E-state index >= 15 is 0 Å². The fourth-order valence-electron chi connectivity index (χ4n) is 3.33. The van der Waals surface area contributed by atoms with Crippen LogP contribution in [0.2, 0.25) is 0 Å². The molecule has 1 fully saturated rings. The number of sulfonamides is 1. The highest BCUT2D eigenvalue weighted by atomic mass is 32.2. The Morgan fingerprint density at radius 2 is 1.79 bits per heavy atom. The summed E-state index contributed by atoms with van der Waals surface area (Å²) in [6.07, 6.45) is 2.39. The van der Waals surface area contributed by atoms with Gasteiger partial charge in [-0.1, -0.05) is 18.2 Å². The molecule has 1 saturated heterocycles. The summed E-state index contributed by atoms with van der Waals surface area (Å²) in [5.41, 5.74) is 1.62. The molecule has 9 heteroatoms. The molecule has 0 bridgehead atoms. The number of carbonyl (C=O) groups excluding carboxylic acids is 1. The number of carbonyl (C=O) groups is 1. The van der Waals surface area contributed by atoms with E-state index < -0.39 is 14.9 Å². The zero-order valence-corrected chi connectivity index (χ0v) is 16.9. The van der Waals surface area contributed by atoms with Gasteiger partial charge < -0.3 is 5.32 Å². The number of aryl methyl sites for hydroxylation is 1. The Hall–Kier alpha value is -2.78. The van der Waals surface area contributed by atoms with Crippen molar-refractivity contribution in [2.24, 2.45) is 0 Å². The molecule has 154 valence electrons. The van der Waals surface area contributed by atoms with Gasteiger partial charge in [0.05, 0.1) is 21.1 Å². The lowest BCUT2D eigenvalue weighted by atomic mass is 10.1. The number of nitro groups is 1. The molecule has 0 radical (unpaired) electrons. The molecule has 0 spiro atoms. The number of hydrogen-bond donors (Lipinski definition) is 1. The number of rotatable bonds is 7. The second-order valence-corrected chi connectivity index (χ2v) is 8.95. The maximum atomic E-state index is 12.5. The van der Waals surface area contributed by atoms with E-state index in [0.29, 0.717) is 30.8 Å². The van der Waals surface area contributed by atoms with E-state index in [0.717, 1.165) is 18.4 Å². The minimum atomic E-state index is -3.44. The van der Waals surface area contributed by atoms with Gasteiger partial charge in [0.15, 0.2) is 0 Å². The van der Waals surface area contributed by atoms with Crippen molar-refractivity contribution in [2.45, 2.75) is 37.5 Å². The maximum Gasteiger partial charge on any atom is 0.274 e. The van der Waals surface area contributed by atoms with Gasteiger partial charge in [0.1, 0.15) is 0 Å². The average molecular weight is 417 g/mol. The summed E-state index contributed by atoms with van der Waals surface area (Å²) in [6, 6.07) is 11.1. The molecule has 0 aliphatic carbocycles. The molecule has 1 heterocycles. The second-order valence-electron chi connectivity index (χ2n) is 7.01. The first-order valence-corrected chi connectivity index (χ1v) is 10.9. The van der Waals surface area contributed by atoms with Gasteiger partial charge in [-0.2, -0.15) is 4.31 Å². The van der Waals surface area contributed by atoms with Crippen LogP contribution in [0.4, 0.5) is 11.4 Å². The Morgan fingerprint density at radius 3 is 2.41 bits per heavy atom. The average Bonchev–Trinajstić information content (AvgIpc) is 3.24. The van der Waals surface area contributed by atoms with Crippen LogP contribution in [0.3, 0.4) is 0 Å². The SMILES string of the molecule is Cc1c(NC(=O)CCc2ccc(S(=O)(=O)N3CCCC3)cc2)cccc1[N+](=O)[O-]. The van der Waals surface area contributed by atoms with Gasteiger partial charge in [0.2, 0.25) is 15.9 Å². The highest BCUT2D eigenvalue weighted by Crippen LogP contribution is 2.25. The Labute approximate surface area is 169 Å². The molecule has 2 aromatic carbocycles. The molecule has 0 unspecified atom stereocenters. The van der Waals surface area contributed by atoms with Crippen molar-refractivity contribution in [3.63, 3.8) is 0 Å². The Balaban J connectivity index is 1.60. The molecule has 1 aliphatic rings. The number of nitro benzene ring substituents is 1. The Bertz CT molecular complexity index is 1010. The molecule has 1 amide bonds. The zero-order chi connectivity index (χ0) is 21.0. The van der Waals surface area contributed by atoms with E-state index in [-0.39, 0.29) is 22.9 Å². The quantitative estimate of drug-likeness (QED) is 0.549. The first kappa shape index (κ1) is 20.9. The first-order chi connectivity index (χ1) is 13.8. The van der Waals surface area contributed by atoms with Crippen molar-refractivity contribution in [2.75, 3.05) is 18.4 Å². The van der Waals surface area contributed by atoms with Gasteiger partial charge >= 0.3 is 0 Å². The summed E-state index contributed by atoms with van der Waals surface area (Å²) in [4.78, 5) is 23.0. The van der Waals surface area contributed by atoms with E-state index in [1.165, 1.54) is 16.4 Å². The number of benzene rings is 2. The van der Waals surface area contributed by atoms with Crippen molar-refractivity contribution >= 4 is 27.3 Å². The molecule has 0 aromatic heterocycles. The van der Waals surface area contributed by atoms with E-state index in [9.17, 15) is 23.3 Å². The predicted octanol–water partition coefficient (Wildman–Crippen LogP) is 3.26. The van der Waals surface area contributed by atoms with Gasteiger partial charge in [-0.25, -0.2) is 8.42 Å². The molecule has 1 N–H and O–H groups in total. The van der Waals surface area contributed by atoms with Gasteiger partial charge in [-0.05, 0) is 49.9 Å². The minimum Gasteiger partial charge on any atom is -0.326 e. The van der Waals surface area contributed by atoms with Crippen LogP contribution in [0.15, 0.2) is 47.4 Å². The van der Waals surface area contributed by atoms with Crippen molar-refractivity contribution < 1.29 is 18.1 Å². The van der Waals surface area contributed by atoms with Crippen molar-refractivity contribution in [3.05, 3.63) is 63.7 Å². The molecule has 0 saturated carbocycles. The lowest BCUT2D eigenvalue weighted by molar-refractivity contribution is -0.385. The summed E-state index contributed by atoms with van der Waals surface area (Å²) in [5, 5.41) is 13.7. The molecule has 1 aliphatic heterocycles. The van der Waals surface area contributed by atoms with Crippen LogP contribution >= 0.6 is 0 Å². The lowest BCUT2D eigenvalue weighted by Crippen LogP contribution is -2.27. The zero-order valence-electron chi connectivity index (χ0n) is 16.1. The van der Waals surface area contributed by atoms with Crippen molar-refractivity contribution in [3.8, 4) is 0 Å². The predicted molar refractivity (Wildman–Crippen MR) is 109 cm³/mol. The highest BCUT2D eigenvalue weighted by molar-refractivity contribution is 7.89. The molecular formula is C20H23N3O5S. The fraction of sp³-hybridized carbons (Fsp3) is 0.350. The number of hydrogen-bond acceptors (Lipinski definition) is 5.